The summed E-state index contributed by atoms with van der Waals surface area (Å²) in [5.74, 6) is -0.301. The molecule has 0 spiro atoms. The molecule has 2 N–H and O–H groups in total. The van der Waals surface area contributed by atoms with Gasteiger partial charge in [0.2, 0.25) is 0 Å². The third kappa shape index (κ3) is 4.94. The van der Waals surface area contributed by atoms with E-state index < -0.39 is 6.09 Å². The Labute approximate surface area is 142 Å². The summed E-state index contributed by atoms with van der Waals surface area (Å²) >= 11 is 7.47. The molecule has 1 heterocycles. The number of nitrogens with one attached hydrogen (secondary N) is 2. The molecular formula is C15H16ClN3O3S. The maximum atomic E-state index is 12.0. The smallest absolute Gasteiger partial charge is 0.407 e. The molecule has 0 aliphatic heterocycles. The molecule has 0 bridgehead atoms. The molecule has 23 heavy (non-hydrogen) atoms. The molecule has 8 heteroatoms. The van der Waals surface area contributed by atoms with Crippen LogP contribution in [0.2, 0.25) is 5.02 Å². The standard InChI is InChI=1S/C15H16ClN3O3S/c1-2-22-15(21)18-8-7-17-13(20)12-9-23-14(19-12)10-5-3-4-6-11(10)16/h3-6,9H,2,7-8H2,1H3,(H,17,20)(H,18,21). The highest BCUT2D eigenvalue weighted by Crippen LogP contribution is 2.29. The van der Waals surface area contributed by atoms with Crippen molar-refractivity contribution in [2.45, 2.75) is 6.92 Å². The normalized spacial score (nSPS) is 10.2. The van der Waals surface area contributed by atoms with Crippen LogP contribution in [-0.4, -0.2) is 36.7 Å². The fraction of sp³-hybridized carbons (Fsp3) is 0.267. The monoisotopic (exact) mass is 353 g/mol. The highest BCUT2D eigenvalue weighted by atomic mass is 35.5. The highest BCUT2D eigenvalue weighted by molar-refractivity contribution is 7.13. The number of thiazole rings is 1. The molecule has 1 aromatic heterocycles. The zero-order valence-corrected chi connectivity index (χ0v) is 14.0. The van der Waals surface area contributed by atoms with Crippen LogP contribution in [0.3, 0.4) is 0 Å². The van der Waals surface area contributed by atoms with E-state index in [9.17, 15) is 9.59 Å². The van der Waals surface area contributed by atoms with Gasteiger partial charge in [0.05, 0.1) is 11.6 Å². The fourth-order valence-corrected chi connectivity index (χ4v) is 2.87. The molecule has 2 aromatic rings. The van der Waals surface area contributed by atoms with Gasteiger partial charge in [0.25, 0.3) is 5.91 Å². The molecule has 122 valence electrons. The summed E-state index contributed by atoms with van der Waals surface area (Å²) in [6.07, 6.45) is -0.503. The number of hydrogen-bond acceptors (Lipinski definition) is 5. The van der Waals surface area contributed by atoms with Crippen LogP contribution in [0.25, 0.3) is 10.6 Å². The Bertz CT molecular complexity index is 690. The lowest BCUT2D eigenvalue weighted by molar-refractivity contribution is 0.0948. The molecule has 2 rings (SSSR count). The van der Waals surface area contributed by atoms with Crippen LogP contribution >= 0.6 is 22.9 Å². The van der Waals surface area contributed by atoms with E-state index in [1.807, 2.05) is 18.2 Å². The van der Waals surface area contributed by atoms with Gasteiger partial charge >= 0.3 is 6.09 Å². The van der Waals surface area contributed by atoms with Crippen molar-refractivity contribution in [2.24, 2.45) is 0 Å². The van der Waals surface area contributed by atoms with E-state index in [-0.39, 0.29) is 19.0 Å². The number of alkyl carbamates (subject to hydrolysis) is 1. The number of carbonyl (C=O) groups excluding carboxylic acids is 2. The minimum Gasteiger partial charge on any atom is -0.450 e. The Morgan fingerprint density at radius 2 is 2.00 bits per heavy atom. The van der Waals surface area contributed by atoms with E-state index in [1.54, 1.807) is 18.4 Å². The number of rotatable bonds is 6. The molecule has 0 aliphatic carbocycles. The van der Waals surface area contributed by atoms with Gasteiger partial charge < -0.3 is 15.4 Å². The second-order valence-corrected chi connectivity index (χ2v) is 5.69. The molecule has 6 nitrogen and oxygen atoms in total. The summed E-state index contributed by atoms with van der Waals surface area (Å²) < 4.78 is 4.71. The summed E-state index contributed by atoms with van der Waals surface area (Å²) in [7, 11) is 0. The molecule has 0 saturated heterocycles. The first kappa shape index (κ1) is 17.2. The summed E-state index contributed by atoms with van der Waals surface area (Å²) in [5.41, 5.74) is 1.11. The average molecular weight is 354 g/mol. The van der Waals surface area contributed by atoms with Gasteiger partial charge in [-0.05, 0) is 13.0 Å². The number of ether oxygens (including phenoxy) is 1. The summed E-state index contributed by atoms with van der Waals surface area (Å²) in [6.45, 7) is 2.60. The molecule has 0 radical (unpaired) electrons. The maximum absolute atomic E-state index is 12.0. The minimum atomic E-state index is -0.503. The topological polar surface area (TPSA) is 80.3 Å². The molecule has 0 fully saturated rings. The van der Waals surface area contributed by atoms with Crippen LogP contribution in [0.4, 0.5) is 4.79 Å². The average Bonchev–Trinajstić information content (AvgIpc) is 3.02. The van der Waals surface area contributed by atoms with Crippen LogP contribution in [0, 0.1) is 0 Å². The van der Waals surface area contributed by atoms with Gasteiger partial charge in [-0.15, -0.1) is 11.3 Å². The van der Waals surface area contributed by atoms with Crippen molar-refractivity contribution in [2.75, 3.05) is 19.7 Å². The third-order valence-corrected chi connectivity index (χ3v) is 4.00. The Balaban J connectivity index is 1.87. The predicted molar refractivity (Wildman–Crippen MR) is 89.9 cm³/mol. The lowest BCUT2D eigenvalue weighted by Crippen LogP contribution is -2.35. The first-order chi connectivity index (χ1) is 11.1. The number of aromatic nitrogens is 1. The molecular weight excluding hydrogens is 338 g/mol. The van der Waals surface area contributed by atoms with Crippen LogP contribution < -0.4 is 10.6 Å². The minimum absolute atomic E-state index is 0.284. The van der Waals surface area contributed by atoms with Crippen molar-refractivity contribution in [3.8, 4) is 10.6 Å². The van der Waals surface area contributed by atoms with Gasteiger partial charge in [0.15, 0.2) is 0 Å². The van der Waals surface area contributed by atoms with Crippen LogP contribution in [0.5, 0.6) is 0 Å². The highest BCUT2D eigenvalue weighted by Gasteiger charge is 2.13. The zero-order valence-electron chi connectivity index (χ0n) is 12.5. The van der Waals surface area contributed by atoms with Crippen molar-refractivity contribution in [3.05, 3.63) is 40.4 Å². The molecule has 2 amide bonds. The summed E-state index contributed by atoms with van der Waals surface area (Å²) in [5, 5.41) is 8.14. The fourth-order valence-electron chi connectivity index (χ4n) is 1.75. The van der Waals surface area contributed by atoms with Gasteiger partial charge in [-0.1, -0.05) is 29.8 Å². The van der Waals surface area contributed by atoms with Gasteiger partial charge in [-0.2, -0.15) is 0 Å². The van der Waals surface area contributed by atoms with Crippen molar-refractivity contribution in [1.29, 1.82) is 0 Å². The number of halogens is 1. The predicted octanol–water partition coefficient (Wildman–Crippen LogP) is 2.94. The van der Waals surface area contributed by atoms with E-state index in [0.717, 1.165) is 5.56 Å². The number of nitrogens with zero attached hydrogens (tertiary/aromatic N) is 1. The number of hydrogen-bond donors (Lipinski definition) is 2. The lowest BCUT2D eigenvalue weighted by atomic mass is 10.2. The van der Waals surface area contributed by atoms with E-state index in [1.165, 1.54) is 11.3 Å². The summed E-state index contributed by atoms with van der Waals surface area (Å²) in [4.78, 5) is 27.4. The number of benzene rings is 1. The largest absolute Gasteiger partial charge is 0.450 e. The second-order valence-electron chi connectivity index (χ2n) is 4.42. The molecule has 0 aliphatic rings. The molecule has 0 atom stereocenters. The van der Waals surface area contributed by atoms with Gasteiger partial charge in [0.1, 0.15) is 10.7 Å². The second kappa shape index (κ2) is 8.50. The van der Waals surface area contributed by atoms with Gasteiger partial charge in [0, 0.05) is 24.0 Å². The van der Waals surface area contributed by atoms with Crippen molar-refractivity contribution >= 4 is 34.9 Å². The lowest BCUT2D eigenvalue weighted by Gasteiger charge is -2.05. The van der Waals surface area contributed by atoms with Crippen molar-refractivity contribution in [3.63, 3.8) is 0 Å². The van der Waals surface area contributed by atoms with E-state index in [4.69, 9.17) is 16.3 Å². The van der Waals surface area contributed by atoms with Gasteiger partial charge in [-0.25, -0.2) is 9.78 Å². The third-order valence-electron chi connectivity index (χ3n) is 2.80. The molecule has 0 unspecified atom stereocenters. The van der Waals surface area contributed by atoms with Gasteiger partial charge in [-0.3, -0.25) is 4.79 Å². The van der Waals surface area contributed by atoms with Crippen LogP contribution in [0.1, 0.15) is 17.4 Å². The Morgan fingerprint density at radius 1 is 1.26 bits per heavy atom. The quantitative estimate of drug-likeness (QED) is 0.782. The van der Waals surface area contributed by atoms with Crippen molar-refractivity contribution < 1.29 is 14.3 Å². The Morgan fingerprint density at radius 3 is 2.74 bits per heavy atom. The number of carbonyl (C=O) groups is 2. The maximum Gasteiger partial charge on any atom is 0.407 e. The van der Waals surface area contributed by atoms with E-state index in [0.29, 0.717) is 22.3 Å². The van der Waals surface area contributed by atoms with Crippen molar-refractivity contribution in [1.82, 2.24) is 15.6 Å². The molecule has 0 saturated carbocycles. The summed E-state index contributed by atoms with van der Waals surface area (Å²) in [6, 6.07) is 7.33. The van der Waals surface area contributed by atoms with E-state index in [2.05, 4.69) is 15.6 Å². The van der Waals surface area contributed by atoms with Crippen LogP contribution in [0.15, 0.2) is 29.6 Å². The Kier molecular flexibility index (Phi) is 6.37. The Hall–Kier alpha value is -2.12. The SMILES string of the molecule is CCOC(=O)NCCNC(=O)c1csc(-c2ccccc2Cl)n1. The molecule has 1 aromatic carbocycles. The first-order valence-corrected chi connectivity index (χ1v) is 8.26. The zero-order chi connectivity index (χ0) is 16.7. The van der Waals surface area contributed by atoms with Crippen LogP contribution in [-0.2, 0) is 4.74 Å². The number of amides is 2. The first-order valence-electron chi connectivity index (χ1n) is 7.01. The van der Waals surface area contributed by atoms with E-state index >= 15 is 0 Å².